The van der Waals surface area contributed by atoms with Crippen molar-refractivity contribution in [3.8, 4) is 0 Å². The summed E-state index contributed by atoms with van der Waals surface area (Å²) >= 11 is 0. The highest BCUT2D eigenvalue weighted by atomic mass is 19.3. The van der Waals surface area contributed by atoms with Gasteiger partial charge in [-0.15, -0.1) is 0 Å². The molecular weight excluding hydrogens is 296 g/mol. The van der Waals surface area contributed by atoms with Crippen molar-refractivity contribution in [2.45, 2.75) is 19.4 Å². The molecule has 2 aromatic rings. The Morgan fingerprint density at radius 3 is 2.30 bits per heavy atom. The molecule has 118 valence electrons. The largest absolute Gasteiger partial charge is 0.370 e. The Morgan fingerprint density at radius 2 is 1.70 bits per heavy atom. The maximum Gasteiger partial charge on any atom is 0.278 e. The summed E-state index contributed by atoms with van der Waals surface area (Å²) in [5.41, 5.74) is 3.58. The van der Waals surface area contributed by atoms with E-state index in [4.69, 9.17) is 0 Å². The SMILES string of the molecule is CN(Cc1ccc(C2=NN=C(C(F)F)C2)cc1)c1ccccc1. The summed E-state index contributed by atoms with van der Waals surface area (Å²) in [4.78, 5) is 2.15. The molecule has 0 atom stereocenters. The zero-order valence-corrected chi connectivity index (χ0v) is 12.8. The molecule has 0 unspecified atom stereocenters. The highest BCUT2D eigenvalue weighted by Crippen LogP contribution is 2.18. The van der Waals surface area contributed by atoms with Gasteiger partial charge in [0.25, 0.3) is 6.43 Å². The van der Waals surface area contributed by atoms with E-state index in [2.05, 4.69) is 27.2 Å². The summed E-state index contributed by atoms with van der Waals surface area (Å²) < 4.78 is 25.2. The number of alkyl halides is 2. The molecule has 0 amide bonds. The van der Waals surface area contributed by atoms with Crippen molar-refractivity contribution in [3.63, 3.8) is 0 Å². The predicted molar refractivity (Wildman–Crippen MR) is 89.6 cm³/mol. The first-order chi connectivity index (χ1) is 11.1. The van der Waals surface area contributed by atoms with Crippen LogP contribution in [0.4, 0.5) is 14.5 Å². The maximum atomic E-state index is 12.6. The van der Waals surface area contributed by atoms with E-state index in [9.17, 15) is 8.78 Å². The first-order valence-corrected chi connectivity index (χ1v) is 7.40. The van der Waals surface area contributed by atoms with Crippen LogP contribution in [0.5, 0.6) is 0 Å². The summed E-state index contributed by atoms with van der Waals surface area (Å²) in [6.07, 6.45) is -2.41. The lowest BCUT2D eigenvalue weighted by Crippen LogP contribution is -2.16. The van der Waals surface area contributed by atoms with Gasteiger partial charge in [-0.05, 0) is 23.3 Å². The molecule has 0 spiro atoms. The predicted octanol–water partition coefficient (Wildman–Crippen LogP) is 4.14. The molecule has 0 bridgehead atoms. The Hall–Kier alpha value is -2.56. The Labute approximate surface area is 134 Å². The van der Waals surface area contributed by atoms with Gasteiger partial charge < -0.3 is 4.90 Å². The van der Waals surface area contributed by atoms with E-state index < -0.39 is 6.43 Å². The van der Waals surface area contributed by atoms with Crippen molar-refractivity contribution in [1.82, 2.24) is 0 Å². The average Bonchev–Trinajstić information content (AvgIpc) is 3.07. The minimum absolute atomic E-state index is 0.126. The third-order valence-corrected chi connectivity index (χ3v) is 3.80. The zero-order valence-electron chi connectivity index (χ0n) is 12.8. The third kappa shape index (κ3) is 3.62. The van der Waals surface area contributed by atoms with Gasteiger partial charge >= 0.3 is 0 Å². The fourth-order valence-corrected chi connectivity index (χ4v) is 2.50. The van der Waals surface area contributed by atoms with Gasteiger partial charge in [0, 0.05) is 25.7 Å². The molecule has 0 saturated carbocycles. The number of halogens is 2. The van der Waals surface area contributed by atoms with Crippen molar-refractivity contribution in [3.05, 3.63) is 65.7 Å². The lowest BCUT2D eigenvalue weighted by atomic mass is 10.0. The summed E-state index contributed by atoms with van der Waals surface area (Å²) in [6, 6.07) is 17.9. The normalized spacial score (nSPS) is 13.9. The molecular formula is C18H17F2N3. The van der Waals surface area contributed by atoms with Gasteiger partial charge in [-0.3, -0.25) is 0 Å². The molecule has 1 aliphatic heterocycles. The number of anilines is 1. The molecule has 0 saturated heterocycles. The van der Waals surface area contributed by atoms with Gasteiger partial charge in [-0.1, -0.05) is 42.5 Å². The van der Waals surface area contributed by atoms with E-state index in [1.165, 1.54) is 0 Å². The van der Waals surface area contributed by atoms with Crippen LogP contribution < -0.4 is 4.90 Å². The molecule has 2 aromatic carbocycles. The first kappa shape index (κ1) is 15.3. The molecule has 3 rings (SSSR count). The molecule has 1 heterocycles. The molecule has 0 fully saturated rings. The highest BCUT2D eigenvalue weighted by molar-refractivity contribution is 6.15. The van der Waals surface area contributed by atoms with Gasteiger partial charge in [-0.2, -0.15) is 10.2 Å². The number of nitrogens with zero attached hydrogens (tertiary/aromatic N) is 3. The van der Waals surface area contributed by atoms with Crippen molar-refractivity contribution in [2.24, 2.45) is 10.2 Å². The molecule has 5 heteroatoms. The van der Waals surface area contributed by atoms with Crippen LogP contribution in [0.2, 0.25) is 0 Å². The lowest BCUT2D eigenvalue weighted by molar-refractivity contribution is 0.224. The second kappa shape index (κ2) is 6.69. The van der Waals surface area contributed by atoms with Crippen LogP contribution in [-0.2, 0) is 6.54 Å². The van der Waals surface area contributed by atoms with E-state index in [1.807, 2.05) is 49.5 Å². The van der Waals surface area contributed by atoms with Crippen LogP contribution >= 0.6 is 0 Å². The number of rotatable bonds is 5. The second-order valence-electron chi connectivity index (χ2n) is 5.50. The minimum atomic E-state index is -2.53. The van der Waals surface area contributed by atoms with Crippen molar-refractivity contribution < 1.29 is 8.78 Å². The average molecular weight is 313 g/mol. The molecule has 0 radical (unpaired) electrons. The van der Waals surface area contributed by atoms with Crippen molar-refractivity contribution in [2.75, 3.05) is 11.9 Å². The van der Waals surface area contributed by atoms with Crippen LogP contribution in [0, 0.1) is 0 Å². The number of benzene rings is 2. The summed E-state index contributed by atoms with van der Waals surface area (Å²) in [7, 11) is 2.03. The van der Waals surface area contributed by atoms with Crippen molar-refractivity contribution >= 4 is 17.1 Å². The Kier molecular flexibility index (Phi) is 4.46. The van der Waals surface area contributed by atoms with Gasteiger partial charge in [0.1, 0.15) is 5.71 Å². The molecule has 0 aromatic heterocycles. The van der Waals surface area contributed by atoms with E-state index in [0.717, 1.165) is 23.4 Å². The summed E-state index contributed by atoms with van der Waals surface area (Å²) in [5, 5.41) is 7.41. The molecule has 0 aliphatic carbocycles. The van der Waals surface area contributed by atoms with Crippen LogP contribution in [0.1, 0.15) is 17.5 Å². The van der Waals surface area contributed by atoms with Gasteiger partial charge in [0.2, 0.25) is 0 Å². The Balaban J connectivity index is 1.64. The standard InChI is InChI=1S/C18H17F2N3/c1-23(15-5-3-2-4-6-15)12-13-7-9-14(10-8-13)16-11-17(18(19)20)22-21-16/h2-10,18H,11-12H2,1H3. The van der Waals surface area contributed by atoms with Crippen LogP contribution in [-0.4, -0.2) is 24.9 Å². The van der Waals surface area contributed by atoms with Crippen LogP contribution in [0.15, 0.2) is 64.8 Å². The minimum Gasteiger partial charge on any atom is -0.370 e. The molecule has 23 heavy (non-hydrogen) atoms. The first-order valence-electron chi connectivity index (χ1n) is 7.40. The maximum absolute atomic E-state index is 12.6. The fraction of sp³-hybridized carbons (Fsp3) is 0.222. The number of hydrogen-bond acceptors (Lipinski definition) is 3. The van der Waals surface area contributed by atoms with Gasteiger partial charge in [0.05, 0.1) is 5.71 Å². The summed E-state index contributed by atoms with van der Waals surface area (Å²) in [5.74, 6) is 0. The van der Waals surface area contributed by atoms with Crippen LogP contribution in [0.3, 0.4) is 0 Å². The quantitative estimate of drug-likeness (QED) is 0.815. The highest BCUT2D eigenvalue weighted by Gasteiger charge is 2.21. The third-order valence-electron chi connectivity index (χ3n) is 3.80. The van der Waals surface area contributed by atoms with E-state index >= 15 is 0 Å². The molecule has 1 aliphatic rings. The van der Waals surface area contributed by atoms with Crippen molar-refractivity contribution in [1.29, 1.82) is 0 Å². The van der Waals surface area contributed by atoms with Crippen LogP contribution in [0.25, 0.3) is 0 Å². The van der Waals surface area contributed by atoms with E-state index in [-0.39, 0.29) is 12.1 Å². The topological polar surface area (TPSA) is 28.0 Å². The van der Waals surface area contributed by atoms with E-state index in [1.54, 1.807) is 0 Å². The van der Waals surface area contributed by atoms with Gasteiger partial charge in [0.15, 0.2) is 0 Å². The summed E-state index contributed by atoms with van der Waals surface area (Å²) in [6.45, 7) is 0.773. The molecule has 3 nitrogen and oxygen atoms in total. The second-order valence-corrected chi connectivity index (χ2v) is 5.50. The monoisotopic (exact) mass is 313 g/mol. The molecule has 0 N–H and O–H groups in total. The number of para-hydroxylation sites is 1. The zero-order chi connectivity index (χ0) is 16.2. The Bertz CT molecular complexity index is 722. The Morgan fingerprint density at radius 1 is 1.00 bits per heavy atom. The fourth-order valence-electron chi connectivity index (χ4n) is 2.50. The number of hydrogen-bond donors (Lipinski definition) is 0. The van der Waals surface area contributed by atoms with E-state index in [0.29, 0.717) is 5.71 Å². The van der Waals surface area contributed by atoms with Gasteiger partial charge in [-0.25, -0.2) is 8.78 Å². The lowest BCUT2D eigenvalue weighted by Gasteiger charge is -2.19. The smallest absolute Gasteiger partial charge is 0.278 e.